The molecule has 174 valence electrons. The molecule has 3 aromatic rings. The summed E-state index contributed by atoms with van der Waals surface area (Å²) in [6.07, 6.45) is 0.913. The third-order valence-corrected chi connectivity index (χ3v) is 9.15. The van der Waals surface area contributed by atoms with Crippen molar-refractivity contribution in [2.24, 2.45) is 18.0 Å². The van der Waals surface area contributed by atoms with E-state index in [2.05, 4.69) is 4.99 Å². The summed E-state index contributed by atoms with van der Waals surface area (Å²) in [6, 6.07) is 10.7. The van der Waals surface area contributed by atoms with Crippen LogP contribution in [0, 0.1) is 12.8 Å². The number of hydrogen-bond acceptors (Lipinski definition) is 6. The molecule has 0 radical (unpaired) electrons. The Labute approximate surface area is 196 Å². The summed E-state index contributed by atoms with van der Waals surface area (Å²) in [5, 5.41) is 0. The van der Waals surface area contributed by atoms with Crippen molar-refractivity contribution in [1.82, 2.24) is 8.87 Å². The molecule has 1 aromatic heterocycles. The third kappa shape index (κ3) is 4.18. The van der Waals surface area contributed by atoms with Gasteiger partial charge in [-0.2, -0.15) is 9.30 Å². The van der Waals surface area contributed by atoms with Gasteiger partial charge in [-0.25, -0.2) is 8.42 Å². The normalized spacial score (nSPS) is 18.1. The van der Waals surface area contributed by atoms with Gasteiger partial charge in [-0.1, -0.05) is 29.0 Å². The van der Waals surface area contributed by atoms with Gasteiger partial charge in [0.15, 0.2) is 16.3 Å². The Kier molecular flexibility index (Phi) is 5.75. The lowest BCUT2D eigenvalue weighted by atomic mass is 9.98. The highest BCUT2D eigenvalue weighted by Crippen LogP contribution is 2.35. The van der Waals surface area contributed by atoms with E-state index in [0.717, 1.165) is 15.8 Å². The molecule has 10 heteroatoms. The molecule has 0 unspecified atom stereocenters. The van der Waals surface area contributed by atoms with E-state index in [1.165, 1.54) is 15.6 Å². The molecule has 0 bridgehead atoms. The first-order chi connectivity index (χ1) is 15.8. The Hall–Kier alpha value is -2.69. The molecule has 1 amide bonds. The van der Waals surface area contributed by atoms with E-state index >= 15 is 0 Å². The van der Waals surface area contributed by atoms with Crippen molar-refractivity contribution in [3.63, 3.8) is 0 Å². The minimum Gasteiger partial charge on any atom is -0.486 e. The topological polar surface area (TPSA) is 90.2 Å². The molecule has 1 saturated heterocycles. The molecule has 0 N–H and O–H groups in total. The largest absolute Gasteiger partial charge is 0.486 e. The predicted octanol–water partition coefficient (Wildman–Crippen LogP) is 2.85. The van der Waals surface area contributed by atoms with Crippen LogP contribution in [0.5, 0.6) is 11.5 Å². The first kappa shape index (κ1) is 22.1. The van der Waals surface area contributed by atoms with Gasteiger partial charge in [0.05, 0.1) is 15.1 Å². The number of sulfonamides is 1. The van der Waals surface area contributed by atoms with Crippen molar-refractivity contribution in [3.8, 4) is 11.5 Å². The summed E-state index contributed by atoms with van der Waals surface area (Å²) < 4.78 is 41.5. The number of thiazole rings is 1. The van der Waals surface area contributed by atoms with Crippen LogP contribution in [-0.4, -0.2) is 49.5 Å². The van der Waals surface area contributed by atoms with Crippen LogP contribution < -0.4 is 14.3 Å². The van der Waals surface area contributed by atoms with E-state index in [4.69, 9.17) is 9.47 Å². The highest BCUT2D eigenvalue weighted by molar-refractivity contribution is 7.89. The minimum atomic E-state index is -3.55. The van der Waals surface area contributed by atoms with Crippen molar-refractivity contribution < 1.29 is 22.7 Å². The highest BCUT2D eigenvalue weighted by Gasteiger charge is 2.32. The molecule has 0 spiro atoms. The molecule has 2 aliphatic rings. The Morgan fingerprint density at radius 3 is 2.36 bits per heavy atom. The van der Waals surface area contributed by atoms with Crippen LogP contribution >= 0.6 is 11.3 Å². The lowest BCUT2D eigenvalue weighted by molar-refractivity contribution is -0.122. The maximum Gasteiger partial charge on any atom is 0.251 e. The molecule has 2 aliphatic heterocycles. The molecule has 0 aliphatic carbocycles. The maximum absolute atomic E-state index is 12.9. The first-order valence-corrected chi connectivity index (χ1v) is 13.1. The van der Waals surface area contributed by atoms with E-state index in [-0.39, 0.29) is 16.7 Å². The summed E-state index contributed by atoms with van der Waals surface area (Å²) in [6.45, 7) is 3.57. The standard InChI is InChI=1S/C23H25N3O5S2/c1-15-3-5-17(6-4-15)33(28,29)26-9-7-16(8-10-26)22(27)24-23-25(2)18-13-19-20(14-21(18)32-23)31-12-11-30-19/h3-6,13-14,16H,7-12H2,1-2H3. The zero-order valence-corrected chi connectivity index (χ0v) is 20.1. The van der Waals surface area contributed by atoms with Gasteiger partial charge in [0.1, 0.15) is 13.2 Å². The van der Waals surface area contributed by atoms with Gasteiger partial charge in [-0.05, 0) is 31.9 Å². The molecule has 2 aromatic carbocycles. The highest BCUT2D eigenvalue weighted by atomic mass is 32.2. The first-order valence-electron chi connectivity index (χ1n) is 10.9. The smallest absolute Gasteiger partial charge is 0.251 e. The summed E-state index contributed by atoms with van der Waals surface area (Å²) in [5.41, 5.74) is 1.93. The quantitative estimate of drug-likeness (QED) is 0.567. The van der Waals surface area contributed by atoms with E-state index in [9.17, 15) is 13.2 Å². The van der Waals surface area contributed by atoms with Gasteiger partial charge < -0.3 is 14.0 Å². The molecule has 3 heterocycles. The monoisotopic (exact) mass is 487 g/mol. The fraction of sp³-hybridized carbons (Fsp3) is 0.391. The summed E-state index contributed by atoms with van der Waals surface area (Å²) >= 11 is 1.43. The fourth-order valence-electron chi connectivity index (χ4n) is 4.16. The Balaban J connectivity index is 1.32. The Morgan fingerprint density at radius 2 is 1.70 bits per heavy atom. The molecular formula is C23H25N3O5S2. The SMILES string of the molecule is Cc1ccc(S(=O)(=O)N2CCC(C(=O)N=c3sc4cc5c(cc4n3C)OCCO5)CC2)cc1. The van der Waals surface area contributed by atoms with Crippen LogP contribution in [0.1, 0.15) is 18.4 Å². The van der Waals surface area contributed by atoms with Crippen LogP contribution in [0.4, 0.5) is 0 Å². The second-order valence-electron chi connectivity index (χ2n) is 8.35. The lowest BCUT2D eigenvalue weighted by Crippen LogP contribution is -2.40. The predicted molar refractivity (Wildman–Crippen MR) is 125 cm³/mol. The van der Waals surface area contributed by atoms with Crippen LogP contribution in [-0.2, 0) is 21.9 Å². The second-order valence-corrected chi connectivity index (χ2v) is 11.3. The maximum atomic E-state index is 12.9. The summed E-state index contributed by atoms with van der Waals surface area (Å²) in [5.74, 6) is 0.902. The number of benzene rings is 2. The van der Waals surface area contributed by atoms with Crippen LogP contribution in [0.25, 0.3) is 10.2 Å². The number of aryl methyl sites for hydroxylation is 2. The van der Waals surface area contributed by atoms with E-state index in [1.807, 2.05) is 30.7 Å². The van der Waals surface area contributed by atoms with Gasteiger partial charge in [0.25, 0.3) is 5.91 Å². The zero-order chi connectivity index (χ0) is 23.2. The average molecular weight is 488 g/mol. The Morgan fingerprint density at radius 1 is 1.06 bits per heavy atom. The zero-order valence-electron chi connectivity index (χ0n) is 18.5. The van der Waals surface area contributed by atoms with Crippen LogP contribution in [0.3, 0.4) is 0 Å². The van der Waals surface area contributed by atoms with Crippen molar-refractivity contribution in [2.75, 3.05) is 26.3 Å². The van der Waals surface area contributed by atoms with Gasteiger partial charge in [-0.3, -0.25) is 4.79 Å². The molecule has 8 nitrogen and oxygen atoms in total. The number of ether oxygens (including phenoxy) is 2. The van der Waals surface area contributed by atoms with Crippen LogP contribution in [0.2, 0.25) is 0 Å². The van der Waals surface area contributed by atoms with E-state index < -0.39 is 10.0 Å². The number of nitrogens with zero attached hydrogens (tertiary/aromatic N) is 3. The second kappa shape index (κ2) is 8.58. The number of carbonyl (C=O) groups is 1. The number of fused-ring (bicyclic) bond motifs is 2. The number of aromatic nitrogens is 1. The number of carbonyl (C=O) groups excluding carboxylic acids is 1. The minimum absolute atomic E-state index is 0.207. The van der Waals surface area contributed by atoms with Crippen LogP contribution in [0.15, 0.2) is 46.3 Å². The fourth-order valence-corrected chi connectivity index (χ4v) is 6.66. The molecule has 1 fully saturated rings. The van der Waals surface area contributed by atoms with Gasteiger partial charge in [-0.15, -0.1) is 0 Å². The van der Waals surface area contributed by atoms with Crippen molar-refractivity contribution in [2.45, 2.75) is 24.7 Å². The lowest BCUT2D eigenvalue weighted by Gasteiger charge is -2.29. The number of piperidine rings is 1. The number of amides is 1. The van der Waals surface area contributed by atoms with Gasteiger partial charge in [0.2, 0.25) is 10.0 Å². The number of rotatable bonds is 3. The van der Waals surface area contributed by atoms with Crippen molar-refractivity contribution in [1.29, 1.82) is 0 Å². The third-order valence-electron chi connectivity index (χ3n) is 6.14. The van der Waals surface area contributed by atoms with E-state index in [1.54, 1.807) is 24.3 Å². The average Bonchev–Trinajstić information content (AvgIpc) is 3.12. The van der Waals surface area contributed by atoms with Crippen molar-refractivity contribution >= 4 is 37.5 Å². The Bertz CT molecular complexity index is 1380. The van der Waals surface area contributed by atoms with E-state index in [0.29, 0.717) is 55.4 Å². The molecular weight excluding hydrogens is 462 g/mol. The van der Waals surface area contributed by atoms with Crippen molar-refractivity contribution in [3.05, 3.63) is 46.8 Å². The number of hydrogen-bond donors (Lipinski definition) is 0. The summed E-state index contributed by atoms with van der Waals surface area (Å²) in [7, 11) is -1.68. The molecule has 0 atom stereocenters. The molecule has 0 saturated carbocycles. The molecule has 33 heavy (non-hydrogen) atoms. The molecule has 5 rings (SSSR count). The van der Waals surface area contributed by atoms with Gasteiger partial charge >= 0.3 is 0 Å². The van der Waals surface area contributed by atoms with Gasteiger partial charge in [0, 0.05) is 38.2 Å². The summed E-state index contributed by atoms with van der Waals surface area (Å²) in [4.78, 5) is 18.2.